The second-order valence-electron chi connectivity index (χ2n) is 9.57. The van der Waals surface area contributed by atoms with Crippen molar-refractivity contribution < 1.29 is 33.9 Å². The minimum Gasteiger partial charge on any atom is -0.478 e. The highest BCUT2D eigenvalue weighted by atomic mass is 32.1. The van der Waals surface area contributed by atoms with Gasteiger partial charge in [-0.25, -0.2) is 24.2 Å². The van der Waals surface area contributed by atoms with Crippen molar-refractivity contribution in [2.75, 3.05) is 5.32 Å². The summed E-state index contributed by atoms with van der Waals surface area (Å²) < 4.78 is 6.76. The van der Waals surface area contributed by atoms with Gasteiger partial charge in [-0.3, -0.25) is 14.9 Å². The Hall–Kier alpha value is -4.08. The Labute approximate surface area is 215 Å². The fourth-order valence-electron chi connectivity index (χ4n) is 2.89. The first-order valence-electron chi connectivity index (χ1n) is 11.1. The van der Waals surface area contributed by atoms with Crippen LogP contribution < -0.4 is 16.0 Å². The summed E-state index contributed by atoms with van der Waals surface area (Å²) in [6, 6.07) is -1.40. The Morgan fingerprint density at radius 3 is 2.54 bits per heavy atom. The molecule has 0 aromatic carbocycles. The fourth-order valence-corrected chi connectivity index (χ4v) is 3.57. The number of carbonyl (C=O) groups is 4. The van der Waals surface area contributed by atoms with Crippen LogP contribution in [0.1, 0.15) is 46.1 Å². The number of amides is 3. The number of aliphatic carboxylic acids is 1. The summed E-state index contributed by atoms with van der Waals surface area (Å²) in [6.07, 6.45) is 0.623. The number of aryl methyl sites for hydroxylation is 1. The summed E-state index contributed by atoms with van der Waals surface area (Å²) in [4.78, 5) is 62.2. The highest BCUT2D eigenvalue weighted by Gasteiger charge is 2.42. The van der Waals surface area contributed by atoms with Crippen molar-refractivity contribution in [2.45, 2.75) is 71.4 Å². The lowest BCUT2D eigenvalue weighted by Crippen LogP contribution is -2.70. The third kappa shape index (κ3) is 6.99. The molecule has 0 unspecified atom stereocenters. The van der Waals surface area contributed by atoms with Gasteiger partial charge < -0.3 is 25.3 Å². The summed E-state index contributed by atoms with van der Waals surface area (Å²) in [6.45, 7) is 9.61. The number of carbonyl (C=O) groups excluding carboxylic acids is 3. The molecule has 2 aromatic heterocycles. The zero-order chi connectivity index (χ0) is 27.5. The van der Waals surface area contributed by atoms with E-state index in [1.165, 1.54) is 25.6 Å². The number of nitrogens with one attached hydrogen (secondary N) is 3. The smallest absolute Gasteiger partial charge is 0.413 e. The maximum absolute atomic E-state index is 13.2. The Kier molecular flexibility index (Phi) is 7.80. The highest BCUT2D eigenvalue weighted by Crippen LogP contribution is 2.20. The fraction of sp³-hybridized carbons (Fsp3) is 0.524. The number of carboxylic acids is 1. The molecule has 1 aliphatic heterocycles. The molecule has 4 N–H and O–H groups in total. The molecule has 0 bridgehead atoms. The molecule has 3 amide bonds. The van der Waals surface area contributed by atoms with Crippen LogP contribution >= 0.6 is 11.3 Å². The van der Waals surface area contributed by atoms with E-state index < -0.39 is 52.9 Å². The number of aromatic nitrogens is 4. The third-order valence-corrected chi connectivity index (χ3v) is 5.69. The molecule has 1 fully saturated rings. The SMILES string of the molecule is Cc1ncnn1C[C@@H]1NC(=O)[C@H]1NC(=O)C(=NOC(C)(C)C(=O)O)c1csc(NC(=O)OC(C)(C)C)n1. The normalized spacial score (nSPS) is 17.9. The largest absolute Gasteiger partial charge is 0.478 e. The monoisotopic (exact) mass is 536 g/mol. The average molecular weight is 537 g/mol. The summed E-state index contributed by atoms with van der Waals surface area (Å²) in [5.74, 6) is -1.95. The van der Waals surface area contributed by atoms with Gasteiger partial charge in [-0.15, -0.1) is 11.3 Å². The van der Waals surface area contributed by atoms with E-state index in [1.54, 1.807) is 32.4 Å². The molecule has 200 valence electrons. The number of anilines is 1. The summed E-state index contributed by atoms with van der Waals surface area (Å²) >= 11 is 0.980. The van der Waals surface area contributed by atoms with E-state index in [4.69, 9.17) is 9.57 Å². The van der Waals surface area contributed by atoms with E-state index in [0.29, 0.717) is 5.82 Å². The molecule has 15 nitrogen and oxygen atoms in total. The topological polar surface area (TPSA) is 199 Å². The average Bonchev–Trinajstić information content (AvgIpc) is 3.39. The zero-order valence-corrected chi connectivity index (χ0v) is 21.9. The van der Waals surface area contributed by atoms with Crippen LogP contribution in [0.5, 0.6) is 0 Å². The molecule has 1 saturated heterocycles. The maximum Gasteiger partial charge on any atom is 0.413 e. The first kappa shape index (κ1) is 27.5. The number of nitrogens with zero attached hydrogens (tertiary/aromatic N) is 5. The van der Waals surface area contributed by atoms with Crippen molar-refractivity contribution in [3.05, 3.63) is 23.2 Å². The molecule has 0 spiro atoms. The first-order chi connectivity index (χ1) is 17.2. The van der Waals surface area contributed by atoms with Gasteiger partial charge in [-0.2, -0.15) is 5.10 Å². The van der Waals surface area contributed by atoms with Crippen molar-refractivity contribution in [1.29, 1.82) is 0 Å². The van der Waals surface area contributed by atoms with Crippen molar-refractivity contribution in [2.24, 2.45) is 5.16 Å². The second kappa shape index (κ2) is 10.5. The number of hydrogen-bond donors (Lipinski definition) is 4. The van der Waals surface area contributed by atoms with E-state index in [9.17, 15) is 24.3 Å². The Morgan fingerprint density at radius 1 is 1.27 bits per heavy atom. The highest BCUT2D eigenvalue weighted by molar-refractivity contribution is 7.14. The quantitative estimate of drug-likeness (QED) is 0.200. The van der Waals surface area contributed by atoms with E-state index in [1.807, 2.05) is 0 Å². The Morgan fingerprint density at radius 2 is 1.97 bits per heavy atom. The van der Waals surface area contributed by atoms with E-state index in [-0.39, 0.29) is 17.4 Å². The molecule has 0 saturated carbocycles. The molecular weight excluding hydrogens is 508 g/mol. The van der Waals surface area contributed by atoms with E-state index in [0.717, 1.165) is 11.3 Å². The molecule has 0 radical (unpaired) electrons. The molecule has 2 aromatic rings. The van der Waals surface area contributed by atoms with Gasteiger partial charge >= 0.3 is 12.1 Å². The van der Waals surface area contributed by atoms with Gasteiger partial charge in [-0.1, -0.05) is 5.16 Å². The molecule has 0 aliphatic carbocycles. The number of ether oxygens (including phenoxy) is 1. The number of thiazole rings is 1. The van der Waals surface area contributed by atoms with E-state index in [2.05, 4.69) is 36.2 Å². The van der Waals surface area contributed by atoms with Gasteiger partial charge in [0.15, 0.2) is 10.8 Å². The van der Waals surface area contributed by atoms with Crippen molar-refractivity contribution in [3.8, 4) is 0 Å². The molecular formula is C21H28N8O7S. The minimum atomic E-state index is -1.76. The number of oxime groups is 1. The lowest BCUT2D eigenvalue weighted by Gasteiger charge is -2.37. The van der Waals surface area contributed by atoms with Gasteiger partial charge in [0, 0.05) is 5.38 Å². The predicted molar refractivity (Wildman–Crippen MR) is 130 cm³/mol. The summed E-state index contributed by atoms with van der Waals surface area (Å²) in [7, 11) is 0. The Bertz CT molecular complexity index is 1230. The van der Waals surface area contributed by atoms with Crippen molar-refractivity contribution in [3.63, 3.8) is 0 Å². The molecule has 3 rings (SSSR count). The number of rotatable bonds is 9. The van der Waals surface area contributed by atoms with Crippen LogP contribution in [-0.2, 0) is 30.5 Å². The van der Waals surface area contributed by atoms with Gasteiger partial charge in [0.25, 0.3) is 5.91 Å². The Balaban J connectivity index is 1.80. The number of carboxylic acid groups (broad SMARTS) is 1. The van der Waals surface area contributed by atoms with E-state index >= 15 is 0 Å². The van der Waals surface area contributed by atoms with Crippen LogP contribution in [0.3, 0.4) is 0 Å². The van der Waals surface area contributed by atoms with Gasteiger partial charge in [0.2, 0.25) is 11.5 Å². The molecule has 1 aliphatic rings. The lowest BCUT2D eigenvalue weighted by molar-refractivity contribution is -0.161. The standard InChI is InChI=1S/C21H28N8O7S/c1-10-22-9-23-29(10)7-11-13(15(30)24-11)26-16(31)14(28-36-21(5,6)17(32)33)12-8-37-18(25-12)27-19(34)35-20(2,3)4/h8-9,11,13H,7H2,1-6H3,(H,24,30)(H,26,31)(H,32,33)(H,25,27,34)/t11-,13-/m0/s1. The van der Waals surface area contributed by atoms with Gasteiger partial charge in [-0.05, 0) is 41.5 Å². The van der Waals surface area contributed by atoms with Crippen molar-refractivity contribution >= 4 is 46.1 Å². The van der Waals surface area contributed by atoms with Gasteiger partial charge in [0.05, 0.1) is 12.6 Å². The van der Waals surface area contributed by atoms with Crippen LogP contribution in [0.4, 0.5) is 9.93 Å². The molecule has 2 atom stereocenters. The van der Waals surface area contributed by atoms with Crippen LogP contribution in [0.15, 0.2) is 16.9 Å². The van der Waals surface area contributed by atoms with Crippen LogP contribution in [0, 0.1) is 6.92 Å². The predicted octanol–water partition coefficient (Wildman–Crippen LogP) is 0.657. The maximum atomic E-state index is 13.2. The van der Waals surface area contributed by atoms with Crippen LogP contribution in [0.25, 0.3) is 0 Å². The summed E-state index contributed by atoms with van der Waals surface area (Å²) in [5, 5.41) is 26.4. The third-order valence-electron chi connectivity index (χ3n) is 4.93. The van der Waals surface area contributed by atoms with Gasteiger partial charge in [0.1, 0.15) is 29.5 Å². The zero-order valence-electron chi connectivity index (χ0n) is 21.1. The second-order valence-corrected chi connectivity index (χ2v) is 10.4. The first-order valence-corrected chi connectivity index (χ1v) is 12.0. The summed E-state index contributed by atoms with van der Waals surface area (Å²) in [5.41, 5.74) is -2.91. The lowest BCUT2D eigenvalue weighted by atomic mass is 9.98. The minimum absolute atomic E-state index is 0.0156. The van der Waals surface area contributed by atoms with Crippen molar-refractivity contribution in [1.82, 2.24) is 30.4 Å². The molecule has 37 heavy (non-hydrogen) atoms. The molecule has 3 heterocycles. The molecule has 16 heteroatoms. The number of β-lactam (4-membered cyclic amide) rings is 1. The van der Waals surface area contributed by atoms with Crippen LogP contribution in [0.2, 0.25) is 0 Å². The van der Waals surface area contributed by atoms with Crippen LogP contribution in [-0.4, -0.2) is 77.7 Å². The number of hydrogen-bond acceptors (Lipinski definition) is 11.